The highest BCUT2D eigenvalue weighted by Crippen LogP contribution is 2.22. The maximum absolute atomic E-state index is 3.81. The van der Waals surface area contributed by atoms with E-state index in [1.165, 1.54) is 38.5 Å². The van der Waals surface area contributed by atoms with Crippen LogP contribution in [-0.4, -0.2) is 37.1 Å². The molecule has 1 fully saturated rings. The third-order valence-electron chi connectivity index (χ3n) is 3.83. The van der Waals surface area contributed by atoms with Crippen LogP contribution in [0.1, 0.15) is 52.4 Å². The van der Waals surface area contributed by atoms with Crippen molar-refractivity contribution in [3.8, 4) is 0 Å². The summed E-state index contributed by atoms with van der Waals surface area (Å²) in [5, 5.41) is 3.81. The van der Waals surface area contributed by atoms with Gasteiger partial charge in [-0.2, -0.15) is 0 Å². The summed E-state index contributed by atoms with van der Waals surface area (Å²) in [6.45, 7) is 4.57. The molecule has 1 aliphatic carbocycles. The van der Waals surface area contributed by atoms with Gasteiger partial charge in [0.05, 0.1) is 0 Å². The lowest BCUT2D eigenvalue weighted by Crippen LogP contribution is -2.45. The van der Waals surface area contributed by atoms with Crippen molar-refractivity contribution in [2.45, 2.75) is 70.5 Å². The minimum absolute atomic E-state index is 0.732. The number of hydrogen-bond acceptors (Lipinski definition) is 2. The van der Waals surface area contributed by atoms with E-state index in [4.69, 9.17) is 0 Å². The molecule has 0 aromatic heterocycles. The van der Waals surface area contributed by atoms with Gasteiger partial charge in [-0.25, -0.2) is 0 Å². The molecular weight excluding hydrogens is 184 g/mol. The molecule has 1 saturated carbocycles. The van der Waals surface area contributed by atoms with Crippen molar-refractivity contribution < 1.29 is 0 Å². The van der Waals surface area contributed by atoms with E-state index >= 15 is 0 Å². The van der Waals surface area contributed by atoms with E-state index in [0.717, 1.165) is 18.1 Å². The third-order valence-corrected chi connectivity index (χ3v) is 3.83. The Morgan fingerprint density at radius 2 is 1.87 bits per heavy atom. The minimum atomic E-state index is 0.732. The molecule has 0 amide bonds. The van der Waals surface area contributed by atoms with Gasteiger partial charge in [-0.1, -0.05) is 20.3 Å². The molecule has 1 N–H and O–H groups in total. The zero-order valence-corrected chi connectivity index (χ0v) is 10.9. The molecule has 0 bridgehead atoms. The van der Waals surface area contributed by atoms with Crippen LogP contribution in [0.3, 0.4) is 0 Å². The van der Waals surface area contributed by atoms with E-state index in [9.17, 15) is 0 Å². The summed E-state index contributed by atoms with van der Waals surface area (Å²) in [4.78, 5) is 2.39. The largest absolute Gasteiger partial charge is 0.311 e. The summed E-state index contributed by atoms with van der Waals surface area (Å²) < 4.78 is 0. The van der Waals surface area contributed by atoms with Gasteiger partial charge >= 0.3 is 0 Å². The minimum Gasteiger partial charge on any atom is -0.311 e. The topological polar surface area (TPSA) is 15.3 Å². The van der Waals surface area contributed by atoms with Gasteiger partial charge in [0, 0.05) is 18.1 Å². The lowest BCUT2D eigenvalue weighted by Gasteiger charge is -2.35. The van der Waals surface area contributed by atoms with Crippen molar-refractivity contribution in [1.82, 2.24) is 10.2 Å². The summed E-state index contributed by atoms with van der Waals surface area (Å²) in [5.41, 5.74) is 0. The lowest BCUT2D eigenvalue weighted by atomic mass is 9.89. The van der Waals surface area contributed by atoms with Crippen LogP contribution in [-0.2, 0) is 0 Å². The summed E-state index contributed by atoms with van der Waals surface area (Å²) in [7, 11) is 4.42. The molecule has 2 atom stereocenters. The van der Waals surface area contributed by atoms with E-state index in [2.05, 4.69) is 38.2 Å². The first-order chi connectivity index (χ1) is 7.17. The van der Waals surface area contributed by atoms with E-state index in [-0.39, 0.29) is 0 Å². The molecule has 15 heavy (non-hydrogen) atoms. The predicted molar refractivity (Wildman–Crippen MR) is 67.2 cm³/mol. The fourth-order valence-corrected chi connectivity index (χ4v) is 2.64. The Labute approximate surface area is 95.4 Å². The highest BCUT2D eigenvalue weighted by Gasteiger charge is 2.24. The van der Waals surface area contributed by atoms with Crippen molar-refractivity contribution in [2.24, 2.45) is 0 Å². The van der Waals surface area contributed by atoms with Gasteiger partial charge in [-0.15, -0.1) is 0 Å². The Hall–Kier alpha value is -0.0800. The fraction of sp³-hybridized carbons (Fsp3) is 1.00. The molecule has 0 heterocycles. The predicted octanol–water partition coefficient (Wildman–Crippen LogP) is 2.64. The average molecular weight is 212 g/mol. The first-order valence-electron chi connectivity index (χ1n) is 6.59. The van der Waals surface area contributed by atoms with Gasteiger partial charge in [0.15, 0.2) is 0 Å². The van der Waals surface area contributed by atoms with Gasteiger partial charge < -0.3 is 10.2 Å². The standard InChI is InChI=1S/C13H28N2/c1-5-11(6-2)14-12-8-7-9-13(10-12)15(3)4/h11-14H,5-10H2,1-4H3. The SMILES string of the molecule is CCC(CC)NC1CCCC(N(C)C)C1. The van der Waals surface area contributed by atoms with Crippen LogP contribution >= 0.6 is 0 Å². The number of nitrogens with zero attached hydrogens (tertiary/aromatic N) is 1. The van der Waals surface area contributed by atoms with Crippen LogP contribution in [0.15, 0.2) is 0 Å². The van der Waals surface area contributed by atoms with E-state index in [1.807, 2.05) is 0 Å². The maximum atomic E-state index is 3.81. The van der Waals surface area contributed by atoms with Crippen LogP contribution in [0.25, 0.3) is 0 Å². The van der Waals surface area contributed by atoms with Crippen LogP contribution in [0, 0.1) is 0 Å². The molecule has 0 spiro atoms. The van der Waals surface area contributed by atoms with Crippen molar-refractivity contribution in [3.63, 3.8) is 0 Å². The zero-order chi connectivity index (χ0) is 11.3. The number of rotatable bonds is 5. The molecule has 1 rings (SSSR count). The summed E-state index contributed by atoms with van der Waals surface area (Å²) in [6.07, 6.45) is 8.01. The molecule has 1 aliphatic rings. The van der Waals surface area contributed by atoms with Crippen LogP contribution in [0.2, 0.25) is 0 Å². The smallest absolute Gasteiger partial charge is 0.0104 e. The van der Waals surface area contributed by atoms with Gasteiger partial charge in [-0.3, -0.25) is 0 Å². The molecule has 2 heteroatoms. The molecule has 0 aromatic rings. The maximum Gasteiger partial charge on any atom is 0.0104 e. The summed E-state index contributed by atoms with van der Waals surface area (Å²) in [6, 6.07) is 2.29. The molecular formula is C13H28N2. The third kappa shape index (κ3) is 4.12. The van der Waals surface area contributed by atoms with Gasteiger partial charge in [0.25, 0.3) is 0 Å². The summed E-state index contributed by atoms with van der Waals surface area (Å²) in [5.74, 6) is 0. The molecule has 0 radical (unpaired) electrons. The number of nitrogens with one attached hydrogen (secondary N) is 1. The Kier molecular flexibility index (Phi) is 5.62. The van der Waals surface area contributed by atoms with Crippen molar-refractivity contribution >= 4 is 0 Å². The van der Waals surface area contributed by atoms with Gasteiger partial charge in [0.1, 0.15) is 0 Å². The van der Waals surface area contributed by atoms with Crippen molar-refractivity contribution in [2.75, 3.05) is 14.1 Å². The highest BCUT2D eigenvalue weighted by molar-refractivity contribution is 4.83. The molecule has 0 saturated heterocycles. The molecule has 0 aromatic carbocycles. The average Bonchev–Trinajstić information content (AvgIpc) is 2.26. The van der Waals surface area contributed by atoms with Crippen LogP contribution in [0.5, 0.6) is 0 Å². The first kappa shape index (κ1) is 13.0. The second kappa shape index (κ2) is 6.49. The second-order valence-electron chi connectivity index (χ2n) is 5.16. The van der Waals surface area contributed by atoms with Gasteiger partial charge in [-0.05, 0) is 46.2 Å². The zero-order valence-electron chi connectivity index (χ0n) is 10.9. The molecule has 90 valence electrons. The monoisotopic (exact) mass is 212 g/mol. The quantitative estimate of drug-likeness (QED) is 0.753. The Balaban J connectivity index is 2.35. The highest BCUT2D eigenvalue weighted by atomic mass is 15.1. The van der Waals surface area contributed by atoms with E-state index < -0.39 is 0 Å². The van der Waals surface area contributed by atoms with Gasteiger partial charge in [0.2, 0.25) is 0 Å². The van der Waals surface area contributed by atoms with Crippen LogP contribution < -0.4 is 5.32 Å². The molecule has 2 nitrogen and oxygen atoms in total. The Morgan fingerprint density at radius 3 is 2.40 bits per heavy atom. The van der Waals surface area contributed by atoms with Crippen LogP contribution in [0.4, 0.5) is 0 Å². The van der Waals surface area contributed by atoms with Crippen molar-refractivity contribution in [1.29, 1.82) is 0 Å². The van der Waals surface area contributed by atoms with Crippen molar-refractivity contribution in [3.05, 3.63) is 0 Å². The second-order valence-corrected chi connectivity index (χ2v) is 5.16. The molecule has 2 unspecified atom stereocenters. The van der Waals surface area contributed by atoms with E-state index in [0.29, 0.717) is 0 Å². The normalized spacial score (nSPS) is 27.6. The molecule has 0 aliphatic heterocycles. The summed E-state index contributed by atoms with van der Waals surface area (Å²) >= 11 is 0. The van der Waals surface area contributed by atoms with E-state index in [1.54, 1.807) is 0 Å². The fourth-order valence-electron chi connectivity index (χ4n) is 2.64. The number of hydrogen-bond donors (Lipinski definition) is 1. The lowest BCUT2D eigenvalue weighted by molar-refractivity contribution is 0.190. The Bertz CT molecular complexity index is 162. The Morgan fingerprint density at radius 1 is 1.20 bits per heavy atom. The first-order valence-corrected chi connectivity index (χ1v) is 6.59.